The smallest absolute Gasteiger partial charge is 0.237 e. The number of likely N-dealkylation sites (N-methyl/N-ethyl adjacent to an activating group) is 2. The Hall–Kier alpha value is -16.4. The predicted molar refractivity (Wildman–Crippen MR) is 536 cm³/mol. The minimum atomic E-state index is -1.16. The zero-order chi connectivity index (χ0) is 106. The number of nitrogens with one attached hydrogen (secondary N) is 10. The summed E-state index contributed by atoms with van der Waals surface area (Å²) in [6.07, 6.45) is 0. The summed E-state index contributed by atoms with van der Waals surface area (Å²) < 4.78 is 136. The van der Waals surface area contributed by atoms with Gasteiger partial charge in [-0.3, -0.25) is 57.5 Å². The van der Waals surface area contributed by atoms with Crippen molar-refractivity contribution in [3.8, 4) is 0 Å². The Balaban J connectivity index is 0.000000147. The van der Waals surface area contributed by atoms with E-state index in [2.05, 4.69) is 53.2 Å². The molecular formula is C113H108F10N12O12. The molecule has 6 saturated heterocycles. The number of aryl methyl sites for hydroxylation is 8. The van der Waals surface area contributed by atoms with Crippen molar-refractivity contribution in [2.24, 2.45) is 35.5 Å². The lowest BCUT2D eigenvalue weighted by atomic mass is 9.87. The molecule has 12 amide bonds. The molecule has 10 N–H and O–H groups in total. The summed E-state index contributed by atoms with van der Waals surface area (Å²) in [5, 5.41) is 26.1. The molecule has 0 aliphatic carbocycles. The zero-order valence-electron chi connectivity index (χ0n) is 81.9. The quantitative estimate of drug-likeness (QED) is 0.0283. The first-order chi connectivity index (χ1) is 70.0. The van der Waals surface area contributed by atoms with E-state index in [0.717, 1.165) is 86.5 Å². The molecule has 6 heterocycles. The number of benzene rings is 12. The number of likely N-dealkylation sites (tertiary alicyclic amines) is 2. The van der Waals surface area contributed by atoms with Gasteiger partial charge in [0.1, 0.15) is 64.6 Å². The van der Waals surface area contributed by atoms with E-state index in [4.69, 9.17) is 0 Å². The topological polar surface area (TPSA) is 332 Å². The summed E-state index contributed by atoms with van der Waals surface area (Å²) in [7, 11) is 3.37. The highest BCUT2D eigenvalue weighted by Gasteiger charge is 2.49. The highest BCUT2D eigenvalue weighted by Crippen LogP contribution is 2.41. The monoisotopic (exact) mass is 2010 g/mol. The summed E-state index contributed by atoms with van der Waals surface area (Å²) in [6, 6.07) is 66.8. The number of nitrogens with zero attached hydrogens (tertiary/aromatic N) is 2. The summed E-state index contributed by atoms with van der Waals surface area (Å²) in [6.45, 7) is 17.7. The fourth-order valence-corrected chi connectivity index (χ4v) is 18.2. The van der Waals surface area contributed by atoms with Gasteiger partial charge in [0.05, 0.1) is 22.7 Å². The molecule has 12 aromatic rings. The second-order valence-electron chi connectivity index (χ2n) is 37.0. The van der Waals surface area contributed by atoms with E-state index in [1.165, 1.54) is 49.4 Å². The molecule has 18 rings (SSSR count). The van der Waals surface area contributed by atoms with Crippen LogP contribution >= 0.6 is 0 Å². The molecule has 762 valence electrons. The summed E-state index contributed by atoms with van der Waals surface area (Å²) in [5.74, 6) is -20.6. The Morgan fingerprint density at radius 3 is 0.803 bits per heavy atom. The third-order valence-corrected chi connectivity index (χ3v) is 26.7. The van der Waals surface area contributed by atoms with Crippen LogP contribution in [-0.4, -0.2) is 134 Å². The number of para-hydroxylation sites is 2. The third kappa shape index (κ3) is 25.7. The Kier molecular flexibility index (Phi) is 35.1. The second-order valence-corrected chi connectivity index (χ2v) is 37.0. The van der Waals surface area contributed by atoms with Crippen molar-refractivity contribution in [1.29, 1.82) is 0 Å². The maximum atomic E-state index is 14.2. The molecule has 6 aliphatic heterocycles. The van der Waals surface area contributed by atoms with Gasteiger partial charge in [0.25, 0.3) is 0 Å². The van der Waals surface area contributed by atoms with E-state index in [9.17, 15) is 101 Å². The minimum absolute atomic E-state index is 0.0336. The normalized spacial score (nSPS) is 19.9. The van der Waals surface area contributed by atoms with Gasteiger partial charge in [-0.15, -0.1) is 0 Å². The van der Waals surface area contributed by atoms with Gasteiger partial charge in [-0.05, 0) is 202 Å². The van der Waals surface area contributed by atoms with Crippen LogP contribution in [0, 0.1) is 156 Å². The first kappa shape index (κ1) is 108. The number of carbonyl (C=O) groups is 12. The van der Waals surface area contributed by atoms with Gasteiger partial charge in [-0.2, -0.15) is 0 Å². The van der Waals surface area contributed by atoms with Crippen molar-refractivity contribution < 1.29 is 101 Å². The van der Waals surface area contributed by atoms with Gasteiger partial charge in [-0.25, -0.2) is 43.9 Å². The van der Waals surface area contributed by atoms with Gasteiger partial charge in [-0.1, -0.05) is 187 Å². The summed E-state index contributed by atoms with van der Waals surface area (Å²) in [4.78, 5) is 152. The number of hydrogen-bond donors (Lipinski definition) is 10. The standard InChI is InChI=1S/C20H21FN2O2.C19H18F2N2O2.2C19H19FN2O2.C18H15F3N2O2.C18H16F2N2O2/c1-12-7-9-14(10-8-12)15-11-23(3)20(25)17(15)19(24)22-16-6-4-5-13(2)18(16)21;1-10-3-5-12(6-4-10)13-9-22-18(24)16(13)19(25)23-15-8-7-14(20)11(2)17(15)21;1-11-6-8-13(9-7-11)14-10-21-18(23)16(14)19(24)22-15-5-3-4-12(2)17(15)20;1-12-5-3-4-6-16(12)21-18(23)17-15(11-22(2)19(17)24)13-7-9-14(20)10-8-13;1-9-3-2-4-14(16(9)21)23-18(25)15-11(8-22-17(15)24)10-5-6-12(19)13(20)7-10;1-10-4-2-3-5-15(10)22-18(24)16-12(9-21-17(16)23)11-6-7-13(19)14(20)8-11/h4-10,15,17H,11H2,1-3H3,(H,22,24);3-8,13,16H,9H2,1-2H3,(H,22,24)(H,23,25);3-9,14,16H,10H2,1-2H3,(H,21,23)(H,22,24);3-10,15,17H,11H2,1-2H3,(H,21,23);2-7,11,15H,8H2,1H3,(H,22,24)(H,23,25);2-8,12,16H,9H2,1H3,(H,21,23)(H,22,24). The minimum Gasteiger partial charge on any atom is -0.355 e. The molecule has 24 nitrogen and oxygen atoms in total. The van der Waals surface area contributed by atoms with Crippen molar-refractivity contribution in [2.45, 2.75) is 97.8 Å². The van der Waals surface area contributed by atoms with Crippen LogP contribution in [0.4, 0.5) is 78.0 Å². The summed E-state index contributed by atoms with van der Waals surface area (Å²) >= 11 is 0. The largest absolute Gasteiger partial charge is 0.355 e. The fraction of sp³-hybridized carbons (Fsp3) is 0.257. The average Bonchev–Trinajstić information content (AvgIpc) is 1.66. The SMILES string of the molecule is Cc1ccc(C2CN(C)C(=O)C2C(=O)Nc2cccc(C)c2F)cc1.Cc1ccc(C2CNC(=O)C2C(=O)Nc2ccc(F)c(C)c2F)cc1.Cc1ccc(C2CNC(=O)C2C(=O)Nc2cccc(C)c2F)cc1.Cc1cccc(NC(=O)C2C(=O)NCC2c2ccc(F)c(F)c2)c1F.Cc1ccccc1NC(=O)C1C(=O)N(C)CC1c1ccc(F)cc1.Cc1ccccc1NC(=O)C1C(=O)NCC1c1ccc(F)c(F)c1. The summed E-state index contributed by atoms with van der Waals surface area (Å²) in [5.41, 5.74) is 11.8. The first-order valence-corrected chi connectivity index (χ1v) is 47.2. The van der Waals surface area contributed by atoms with Crippen LogP contribution in [-0.2, 0) is 57.5 Å². The van der Waals surface area contributed by atoms with Crippen LogP contribution in [0.1, 0.15) is 119 Å². The van der Waals surface area contributed by atoms with E-state index >= 15 is 0 Å². The van der Waals surface area contributed by atoms with Crippen molar-refractivity contribution in [1.82, 2.24) is 31.1 Å². The number of anilines is 6. The maximum Gasteiger partial charge on any atom is 0.237 e. The van der Waals surface area contributed by atoms with E-state index in [1.807, 2.05) is 144 Å². The lowest BCUT2D eigenvalue weighted by molar-refractivity contribution is -0.136. The van der Waals surface area contributed by atoms with E-state index in [-0.39, 0.29) is 94.5 Å². The Morgan fingerprint density at radius 2 is 0.497 bits per heavy atom. The Labute approximate surface area is 842 Å². The lowest BCUT2D eigenvalue weighted by Gasteiger charge is -2.18. The molecule has 0 saturated carbocycles. The van der Waals surface area contributed by atoms with Crippen LogP contribution in [0.5, 0.6) is 0 Å². The molecule has 147 heavy (non-hydrogen) atoms. The molecule has 0 spiro atoms. The number of carbonyl (C=O) groups excluding carboxylic acids is 12. The van der Waals surface area contributed by atoms with Gasteiger partial charge >= 0.3 is 0 Å². The van der Waals surface area contributed by atoms with Crippen LogP contribution in [0.15, 0.2) is 249 Å². The zero-order valence-corrected chi connectivity index (χ0v) is 81.9. The van der Waals surface area contributed by atoms with Gasteiger partial charge < -0.3 is 63.0 Å². The van der Waals surface area contributed by atoms with Crippen molar-refractivity contribution in [2.75, 3.05) is 85.3 Å². The van der Waals surface area contributed by atoms with E-state index < -0.39 is 147 Å². The van der Waals surface area contributed by atoms with Crippen LogP contribution in [0.2, 0.25) is 0 Å². The number of hydrogen-bond acceptors (Lipinski definition) is 12. The van der Waals surface area contributed by atoms with Crippen LogP contribution in [0.25, 0.3) is 0 Å². The number of amides is 12. The Bertz CT molecular complexity index is 7000. The lowest BCUT2D eigenvalue weighted by Crippen LogP contribution is -2.33. The molecule has 6 fully saturated rings. The van der Waals surface area contributed by atoms with Gasteiger partial charge in [0, 0.05) is 106 Å². The van der Waals surface area contributed by atoms with Crippen LogP contribution in [0.3, 0.4) is 0 Å². The number of rotatable bonds is 18. The van der Waals surface area contributed by atoms with Crippen molar-refractivity contribution >= 4 is 105 Å². The van der Waals surface area contributed by atoms with E-state index in [1.54, 1.807) is 105 Å². The predicted octanol–water partition coefficient (Wildman–Crippen LogP) is 17.8. The van der Waals surface area contributed by atoms with E-state index in [0.29, 0.717) is 65.4 Å². The highest BCUT2D eigenvalue weighted by atomic mass is 19.2. The van der Waals surface area contributed by atoms with Crippen molar-refractivity contribution in [3.05, 3.63) is 390 Å². The molecule has 34 heteroatoms. The second kappa shape index (κ2) is 47.9. The molecule has 12 aromatic carbocycles. The first-order valence-electron chi connectivity index (χ1n) is 47.2. The van der Waals surface area contributed by atoms with Crippen molar-refractivity contribution in [3.63, 3.8) is 0 Å². The van der Waals surface area contributed by atoms with Gasteiger partial charge in [0.2, 0.25) is 70.9 Å². The molecule has 12 unspecified atom stereocenters. The van der Waals surface area contributed by atoms with Crippen LogP contribution < -0.4 is 53.2 Å². The molecule has 12 atom stereocenters. The Morgan fingerprint density at radius 1 is 0.252 bits per heavy atom. The molecule has 0 aromatic heterocycles. The fourth-order valence-electron chi connectivity index (χ4n) is 18.2. The average molecular weight is 2020 g/mol. The molecule has 6 aliphatic rings. The molecular weight excluding hydrogens is 1910 g/mol. The van der Waals surface area contributed by atoms with Gasteiger partial charge in [0.15, 0.2) is 29.1 Å². The molecule has 0 bridgehead atoms. The highest BCUT2D eigenvalue weighted by molar-refractivity contribution is 6.13. The third-order valence-electron chi connectivity index (χ3n) is 26.7. The molecule has 0 radical (unpaired) electrons. The maximum absolute atomic E-state index is 14.2. The number of halogens is 10.